The molecule has 76 valence electrons. The Labute approximate surface area is 81.4 Å². The predicted molar refractivity (Wildman–Crippen MR) is 57.7 cm³/mol. The van der Waals surface area contributed by atoms with Gasteiger partial charge in [0.1, 0.15) is 0 Å². The molecule has 0 rings (SSSR count). The first-order valence-electron chi connectivity index (χ1n) is 4.80. The van der Waals surface area contributed by atoms with E-state index < -0.39 is 5.60 Å². The Balaban J connectivity index is 4.50. The Hall–Kier alpha value is -0.600. The van der Waals surface area contributed by atoms with E-state index in [1.165, 1.54) is 0 Å². The Kier molecular flexibility index (Phi) is 5.67. The number of hydrogen-bond acceptors (Lipinski definition) is 2. The molecule has 2 heteroatoms. The average Bonchev–Trinajstić information content (AvgIpc) is 2.16. The van der Waals surface area contributed by atoms with E-state index in [0.29, 0.717) is 0 Å². The smallest absolute Gasteiger partial charge is 0.0902 e. The molecular formula is C11H21NO. The summed E-state index contributed by atoms with van der Waals surface area (Å²) in [5, 5.41) is 13.3. The molecular weight excluding hydrogens is 162 g/mol. The van der Waals surface area contributed by atoms with Gasteiger partial charge in [-0.3, -0.25) is 0 Å². The van der Waals surface area contributed by atoms with E-state index in [1.54, 1.807) is 6.08 Å². The van der Waals surface area contributed by atoms with Crippen molar-refractivity contribution in [3.05, 3.63) is 24.3 Å². The summed E-state index contributed by atoms with van der Waals surface area (Å²) in [5.74, 6) is 0. The zero-order valence-electron chi connectivity index (χ0n) is 8.93. The van der Waals surface area contributed by atoms with Crippen LogP contribution in [0.1, 0.15) is 26.7 Å². The molecule has 1 atom stereocenters. The zero-order valence-corrected chi connectivity index (χ0v) is 8.93. The topological polar surface area (TPSA) is 32.3 Å². The maximum Gasteiger partial charge on any atom is 0.0902 e. The fraction of sp³-hybridized carbons (Fsp3) is 0.636. The van der Waals surface area contributed by atoms with Gasteiger partial charge in [0.05, 0.1) is 5.60 Å². The van der Waals surface area contributed by atoms with E-state index in [0.717, 1.165) is 25.0 Å². The van der Waals surface area contributed by atoms with Crippen LogP contribution >= 0.6 is 0 Å². The van der Waals surface area contributed by atoms with E-state index in [9.17, 15) is 5.11 Å². The molecule has 0 saturated carbocycles. The quantitative estimate of drug-likeness (QED) is 0.616. The number of nitrogens with one attached hydrogen (secondary N) is 1. The van der Waals surface area contributed by atoms with Gasteiger partial charge in [0.2, 0.25) is 0 Å². The lowest BCUT2D eigenvalue weighted by molar-refractivity contribution is 0.0691. The molecule has 0 amide bonds. The molecule has 0 radical (unpaired) electrons. The minimum Gasteiger partial charge on any atom is -0.385 e. The highest BCUT2D eigenvalue weighted by Crippen LogP contribution is 2.25. The molecule has 0 aromatic rings. The van der Waals surface area contributed by atoms with Crippen LogP contribution < -0.4 is 5.32 Å². The summed E-state index contributed by atoms with van der Waals surface area (Å²) in [6.07, 6.45) is 5.11. The van der Waals surface area contributed by atoms with Crippen molar-refractivity contribution in [2.75, 3.05) is 13.6 Å². The predicted octanol–water partition coefficient (Wildman–Crippen LogP) is 1.87. The second-order valence-corrected chi connectivity index (χ2v) is 3.19. The molecule has 0 bridgehead atoms. The molecule has 0 aliphatic heterocycles. The van der Waals surface area contributed by atoms with Gasteiger partial charge in [-0.25, -0.2) is 0 Å². The fourth-order valence-corrected chi connectivity index (χ4v) is 1.43. The average molecular weight is 183 g/mol. The van der Waals surface area contributed by atoms with Crippen LogP contribution in [0, 0.1) is 0 Å². The third-order valence-electron chi connectivity index (χ3n) is 2.44. The Morgan fingerprint density at radius 3 is 2.54 bits per heavy atom. The third-order valence-corrected chi connectivity index (χ3v) is 2.44. The van der Waals surface area contributed by atoms with E-state index in [-0.39, 0.29) is 0 Å². The number of rotatable bonds is 6. The first-order valence-corrected chi connectivity index (χ1v) is 4.80. The van der Waals surface area contributed by atoms with E-state index in [1.807, 2.05) is 27.0 Å². The lowest BCUT2D eigenvalue weighted by Gasteiger charge is -2.28. The standard InChI is InChI=1S/C11H21NO/c1-5-10(6-2)11(13,7-3)8-9-12-4/h5-6,12-13H,1,7-9H2,2-4H3/b10-6+. The second kappa shape index (κ2) is 5.95. The molecule has 0 saturated heterocycles. The first kappa shape index (κ1) is 12.4. The number of aliphatic hydroxyl groups is 1. The summed E-state index contributed by atoms with van der Waals surface area (Å²) < 4.78 is 0. The third kappa shape index (κ3) is 3.33. The van der Waals surface area contributed by atoms with Gasteiger partial charge in [0.25, 0.3) is 0 Å². The summed E-state index contributed by atoms with van der Waals surface area (Å²) in [6, 6.07) is 0. The molecule has 0 fully saturated rings. The Morgan fingerprint density at radius 2 is 2.23 bits per heavy atom. The zero-order chi connectivity index (χ0) is 10.3. The van der Waals surface area contributed by atoms with Crippen LogP contribution in [0.15, 0.2) is 24.3 Å². The highest BCUT2D eigenvalue weighted by atomic mass is 16.3. The van der Waals surface area contributed by atoms with Crippen molar-refractivity contribution in [2.24, 2.45) is 0 Å². The van der Waals surface area contributed by atoms with Gasteiger partial charge < -0.3 is 10.4 Å². The van der Waals surface area contributed by atoms with Crippen LogP contribution in [0.3, 0.4) is 0 Å². The summed E-state index contributed by atoms with van der Waals surface area (Å²) in [6.45, 7) is 8.44. The first-order chi connectivity index (χ1) is 6.14. The van der Waals surface area contributed by atoms with E-state index in [2.05, 4.69) is 11.9 Å². The van der Waals surface area contributed by atoms with Gasteiger partial charge >= 0.3 is 0 Å². The Bertz CT molecular complexity index is 187. The van der Waals surface area contributed by atoms with Gasteiger partial charge in [-0.1, -0.05) is 25.7 Å². The molecule has 0 aromatic heterocycles. The SMILES string of the molecule is C=C/C(=C\C)C(O)(CC)CCNC. The van der Waals surface area contributed by atoms with Crippen molar-refractivity contribution >= 4 is 0 Å². The molecule has 2 nitrogen and oxygen atoms in total. The number of hydrogen-bond donors (Lipinski definition) is 2. The lowest BCUT2D eigenvalue weighted by atomic mass is 9.87. The molecule has 0 aliphatic carbocycles. The van der Waals surface area contributed by atoms with Crippen LogP contribution in [0.2, 0.25) is 0 Å². The maximum absolute atomic E-state index is 10.2. The van der Waals surface area contributed by atoms with Gasteiger partial charge in [0.15, 0.2) is 0 Å². The second-order valence-electron chi connectivity index (χ2n) is 3.19. The highest BCUT2D eigenvalue weighted by Gasteiger charge is 2.26. The summed E-state index contributed by atoms with van der Waals surface area (Å²) >= 11 is 0. The van der Waals surface area contributed by atoms with Crippen molar-refractivity contribution in [3.8, 4) is 0 Å². The van der Waals surface area contributed by atoms with E-state index in [4.69, 9.17) is 0 Å². The minimum atomic E-state index is -0.709. The van der Waals surface area contributed by atoms with Crippen molar-refractivity contribution in [2.45, 2.75) is 32.3 Å². The van der Waals surface area contributed by atoms with Crippen molar-refractivity contribution in [1.29, 1.82) is 0 Å². The minimum absolute atomic E-state index is 0.709. The molecule has 1 unspecified atom stereocenters. The van der Waals surface area contributed by atoms with Crippen molar-refractivity contribution in [1.82, 2.24) is 5.32 Å². The monoisotopic (exact) mass is 183 g/mol. The molecule has 0 aliphatic rings. The number of allylic oxidation sites excluding steroid dienone is 1. The van der Waals surface area contributed by atoms with Crippen molar-refractivity contribution < 1.29 is 5.11 Å². The summed E-state index contributed by atoms with van der Waals surface area (Å²) in [4.78, 5) is 0. The van der Waals surface area contributed by atoms with Crippen LogP contribution in [0.4, 0.5) is 0 Å². The fourth-order valence-electron chi connectivity index (χ4n) is 1.43. The Morgan fingerprint density at radius 1 is 1.62 bits per heavy atom. The molecule has 2 N–H and O–H groups in total. The molecule has 0 aromatic carbocycles. The van der Waals surface area contributed by atoms with Crippen LogP contribution in [-0.2, 0) is 0 Å². The van der Waals surface area contributed by atoms with Gasteiger partial charge in [-0.05, 0) is 38.9 Å². The summed E-state index contributed by atoms with van der Waals surface area (Å²) in [7, 11) is 1.89. The summed E-state index contributed by atoms with van der Waals surface area (Å²) in [5.41, 5.74) is 0.213. The van der Waals surface area contributed by atoms with E-state index >= 15 is 0 Å². The molecule has 13 heavy (non-hydrogen) atoms. The van der Waals surface area contributed by atoms with Crippen LogP contribution in [0.5, 0.6) is 0 Å². The van der Waals surface area contributed by atoms with Gasteiger partial charge in [-0.2, -0.15) is 0 Å². The maximum atomic E-state index is 10.2. The normalized spacial score (nSPS) is 16.8. The van der Waals surface area contributed by atoms with Gasteiger partial charge in [-0.15, -0.1) is 0 Å². The lowest BCUT2D eigenvalue weighted by Crippen LogP contribution is -2.33. The largest absolute Gasteiger partial charge is 0.385 e. The van der Waals surface area contributed by atoms with Crippen molar-refractivity contribution in [3.63, 3.8) is 0 Å². The molecule has 0 heterocycles. The van der Waals surface area contributed by atoms with Gasteiger partial charge in [0, 0.05) is 0 Å². The van der Waals surface area contributed by atoms with Crippen LogP contribution in [0.25, 0.3) is 0 Å². The van der Waals surface area contributed by atoms with Crippen LogP contribution in [-0.4, -0.2) is 24.3 Å². The molecule has 0 spiro atoms. The highest BCUT2D eigenvalue weighted by molar-refractivity contribution is 5.26.